The molecule has 108 valence electrons. The van der Waals surface area contributed by atoms with Gasteiger partial charge in [-0.15, -0.1) is 0 Å². The van der Waals surface area contributed by atoms with Crippen molar-refractivity contribution in [3.63, 3.8) is 0 Å². The maximum Gasteiger partial charge on any atom is 0.258 e. The number of hydrogen-bond acceptors (Lipinski definition) is 3. The van der Waals surface area contributed by atoms with Gasteiger partial charge >= 0.3 is 0 Å². The number of halogens is 1. The molecule has 0 unspecified atom stereocenters. The maximum absolute atomic E-state index is 13.5. The van der Waals surface area contributed by atoms with Crippen molar-refractivity contribution in [3.8, 4) is 5.75 Å². The van der Waals surface area contributed by atoms with E-state index in [1.54, 1.807) is 30.3 Å². The molecule has 0 heterocycles. The molecule has 0 aromatic heterocycles. The maximum atomic E-state index is 13.5. The molecule has 0 fully saturated rings. The Bertz CT molecular complexity index is 659. The third-order valence-corrected chi connectivity index (χ3v) is 2.73. The smallest absolute Gasteiger partial charge is 0.258 e. The van der Waals surface area contributed by atoms with Gasteiger partial charge in [0.1, 0.15) is 23.2 Å². The van der Waals surface area contributed by atoms with Gasteiger partial charge in [-0.25, -0.2) is 4.39 Å². The number of carbonyl (C=O) groups excluding carboxylic acids is 1. The van der Waals surface area contributed by atoms with Crippen LogP contribution in [0.15, 0.2) is 48.5 Å². The van der Waals surface area contributed by atoms with Crippen molar-refractivity contribution in [2.75, 3.05) is 11.9 Å². The fourth-order valence-electron chi connectivity index (χ4n) is 1.63. The second-order valence-corrected chi connectivity index (χ2v) is 4.74. The number of benzene rings is 2. The summed E-state index contributed by atoms with van der Waals surface area (Å²) in [5.41, 5.74) is 5.85. The average molecular weight is 304 g/mol. The molecule has 0 atom stereocenters. The number of carbonyl (C=O) groups is 1. The van der Waals surface area contributed by atoms with Crippen LogP contribution in [0.1, 0.15) is 10.4 Å². The third-order valence-electron chi connectivity index (χ3n) is 2.61. The molecule has 0 spiro atoms. The summed E-state index contributed by atoms with van der Waals surface area (Å²) in [6.45, 7) is 0.149. The molecule has 1 amide bonds. The average Bonchev–Trinajstić information content (AvgIpc) is 2.47. The molecule has 2 aromatic carbocycles. The van der Waals surface area contributed by atoms with Crippen LogP contribution < -0.4 is 15.8 Å². The van der Waals surface area contributed by atoms with Crippen LogP contribution in [0.2, 0.25) is 0 Å². The van der Waals surface area contributed by atoms with E-state index in [1.165, 1.54) is 18.2 Å². The fraction of sp³-hybridized carbons (Fsp3) is 0.0667. The van der Waals surface area contributed by atoms with Crippen LogP contribution in [0.4, 0.5) is 10.1 Å². The molecule has 0 aliphatic carbocycles. The topological polar surface area (TPSA) is 64.3 Å². The summed E-state index contributed by atoms with van der Waals surface area (Å²) in [5.74, 6) is -0.497. The number of amides is 1. The van der Waals surface area contributed by atoms with E-state index in [2.05, 4.69) is 5.32 Å². The molecule has 0 radical (unpaired) electrons. The fourth-order valence-corrected chi connectivity index (χ4v) is 1.69. The minimum atomic E-state index is -0.564. The van der Waals surface area contributed by atoms with Gasteiger partial charge in [-0.3, -0.25) is 4.79 Å². The van der Waals surface area contributed by atoms with Crippen molar-refractivity contribution < 1.29 is 13.9 Å². The summed E-state index contributed by atoms with van der Waals surface area (Å²) in [4.78, 5) is 12.2. The van der Waals surface area contributed by atoms with Crippen molar-refractivity contribution in [3.05, 3.63) is 59.9 Å². The molecule has 21 heavy (non-hydrogen) atoms. The highest BCUT2D eigenvalue weighted by atomic mass is 32.1. The Morgan fingerprint density at radius 1 is 1.19 bits per heavy atom. The Morgan fingerprint density at radius 2 is 1.86 bits per heavy atom. The summed E-state index contributed by atoms with van der Waals surface area (Å²) < 4.78 is 18.8. The van der Waals surface area contributed by atoms with Crippen LogP contribution in [0.25, 0.3) is 0 Å². The van der Waals surface area contributed by atoms with E-state index in [1.807, 2.05) is 0 Å². The largest absolute Gasteiger partial charge is 0.487 e. The lowest BCUT2D eigenvalue weighted by Crippen LogP contribution is -2.17. The molecule has 3 N–H and O–H groups in total. The highest BCUT2D eigenvalue weighted by Gasteiger charge is 2.10. The van der Waals surface area contributed by atoms with Gasteiger partial charge in [-0.2, -0.15) is 0 Å². The van der Waals surface area contributed by atoms with Crippen LogP contribution in [-0.2, 0) is 0 Å². The molecule has 2 rings (SSSR count). The SMILES string of the molecule is NC(=S)COc1ccc(NC(=O)c2ccccc2F)cc1. The summed E-state index contributed by atoms with van der Waals surface area (Å²) in [6, 6.07) is 12.4. The van der Waals surface area contributed by atoms with Gasteiger partial charge in [-0.05, 0) is 36.4 Å². The molecule has 6 heteroatoms. The van der Waals surface area contributed by atoms with Gasteiger partial charge in [0.25, 0.3) is 5.91 Å². The zero-order chi connectivity index (χ0) is 15.2. The second kappa shape index (κ2) is 6.81. The summed E-state index contributed by atoms with van der Waals surface area (Å²) in [5, 5.41) is 2.61. The van der Waals surface area contributed by atoms with Gasteiger partial charge in [-0.1, -0.05) is 24.4 Å². The first kappa shape index (κ1) is 14.9. The van der Waals surface area contributed by atoms with E-state index in [0.29, 0.717) is 11.4 Å². The van der Waals surface area contributed by atoms with Gasteiger partial charge in [0.05, 0.1) is 5.56 Å². The van der Waals surface area contributed by atoms with Crippen molar-refractivity contribution in [1.82, 2.24) is 0 Å². The number of rotatable bonds is 5. The van der Waals surface area contributed by atoms with E-state index in [-0.39, 0.29) is 17.2 Å². The van der Waals surface area contributed by atoms with Crippen LogP contribution >= 0.6 is 12.2 Å². The first-order valence-electron chi connectivity index (χ1n) is 6.13. The number of ether oxygens (including phenoxy) is 1. The minimum Gasteiger partial charge on any atom is -0.487 e. The highest BCUT2D eigenvalue weighted by Crippen LogP contribution is 2.17. The summed E-state index contributed by atoms with van der Waals surface area (Å²) in [6.07, 6.45) is 0. The lowest BCUT2D eigenvalue weighted by Gasteiger charge is -2.08. The predicted molar refractivity (Wildman–Crippen MR) is 83.1 cm³/mol. The Balaban J connectivity index is 2.02. The van der Waals surface area contributed by atoms with Crippen molar-refractivity contribution >= 4 is 28.8 Å². The number of nitrogens with two attached hydrogens (primary N) is 1. The highest BCUT2D eigenvalue weighted by molar-refractivity contribution is 7.80. The molecule has 2 aromatic rings. The van der Waals surface area contributed by atoms with Crippen LogP contribution in [-0.4, -0.2) is 17.5 Å². The first-order valence-corrected chi connectivity index (χ1v) is 6.54. The zero-order valence-corrected chi connectivity index (χ0v) is 11.8. The van der Waals surface area contributed by atoms with Crippen molar-refractivity contribution in [2.45, 2.75) is 0 Å². The van der Waals surface area contributed by atoms with E-state index in [9.17, 15) is 9.18 Å². The van der Waals surface area contributed by atoms with E-state index >= 15 is 0 Å². The molecule has 0 aliphatic rings. The lowest BCUT2D eigenvalue weighted by atomic mass is 10.2. The molecular formula is C15H13FN2O2S. The van der Waals surface area contributed by atoms with E-state index in [4.69, 9.17) is 22.7 Å². The van der Waals surface area contributed by atoms with E-state index in [0.717, 1.165) is 0 Å². The Morgan fingerprint density at radius 3 is 2.48 bits per heavy atom. The molecule has 0 bridgehead atoms. The Hall–Kier alpha value is -2.47. The van der Waals surface area contributed by atoms with Crippen LogP contribution in [0, 0.1) is 5.82 Å². The van der Waals surface area contributed by atoms with Crippen LogP contribution in [0.5, 0.6) is 5.75 Å². The molecule has 4 nitrogen and oxygen atoms in total. The zero-order valence-electron chi connectivity index (χ0n) is 11.0. The summed E-state index contributed by atoms with van der Waals surface area (Å²) >= 11 is 4.70. The normalized spacial score (nSPS) is 9.95. The monoisotopic (exact) mass is 304 g/mol. The van der Waals surface area contributed by atoms with Crippen molar-refractivity contribution in [2.24, 2.45) is 5.73 Å². The lowest BCUT2D eigenvalue weighted by molar-refractivity contribution is 0.102. The quantitative estimate of drug-likeness (QED) is 0.834. The predicted octanol–water partition coefficient (Wildman–Crippen LogP) is 2.74. The first-order chi connectivity index (χ1) is 10.1. The summed E-state index contributed by atoms with van der Waals surface area (Å²) in [7, 11) is 0. The third kappa shape index (κ3) is 4.25. The van der Waals surface area contributed by atoms with E-state index < -0.39 is 11.7 Å². The van der Waals surface area contributed by atoms with Gasteiger partial charge in [0.15, 0.2) is 0 Å². The number of nitrogens with one attached hydrogen (secondary N) is 1. The minimum absolute atomic E-state index is 0.00805. The van der Waals surface area contributed by atoms with Gasteiger partial charge in [0, 0.05) is 5.69 Å². The molecule has 0 saturated carbocycles. The molecule has 0 saturated heterocycles. The molecular weight excluding hydrogens is 291 g/mol. The second-order valence-electron chi connectivity index (χ2n) is 4.21. The number of thiocarbonyl (C=S) groups is 1. The van der Waals surface area contributed by atoms with Gasteiger partial charge in [0.2, 0.25) is 0 Å². The number of anilines is 1. The van der Waals surface area contributed by atoms with Crippen LogP contribution in [0.3, 0.4) is 0 Å². The number of hydrogen-bond donors (Lipinski definition) is 2. The Labute approximate surface area is 126 Å². The molecule has 0 aliphatic heterocycles. The Kier molecular flexibility index (Phi) is 4.84. The van der Waals surface area contributed by atoms with Gasteiger partial charge < -0.3 is 15.8 Å². The standard InChI is InChI=1S/C15H13FN2O2S/c16-13-4-2-1-3-12(13)15(19)18-10-5-7-11(8-6-10)20-9-14(17)21/h1-8H,9H2,(H2,17,21)(H,18,19). The van der Waals surface area contributed by atoms with Crippen molar-refractivity contribution in [1.29, 1.82) is 0 Å².